The molecule has 0 radical (unpaired) electrons. The predicted molar refractivity (Wildman–Crippen MR) is 42.4 cm³/mol. The first-order chi connectivity index (χ1) is 6.27. The summed E-state index contributed by atoms with van der Waals surface area (Å²) in [5, 5.41) is 12.2. The molecule has 1 aliphatic heterocycles. The van der Waals surface area contributed by atoms with E-state index in [0.29, 0.717) is 11.5 Å². The number of carboxylic acids is 1. The molecule has 1 aliphatic rings. The Morgan fingerprint density at radius 2 is 2.54 bits per heavy atom. The number of furan rings is 1. The molecule has 2 rings (SSSR count). The largest absolute Gasteiger partial charge is 0.478 e. The maximum atomic E-state index is 10.5. The fourth-order valence-corrected chi connectivity index (χ4v) is 1.10. The van der Waals surface area contributed by atoms with Crippen LogP contribution in [0.2, 0.25) is 0 Å². The summed E-state index contributed by atoms with van der Waals surface area (Å²) in [6.45, 7) is 0. The van der Waals surface area contributed by atoms with Crippen molar-refractivity contribution in [1.29, 1.82) is 0 Å². The fraction of sp³-hybridized carbons (Fsp3) is 0.250. The summed E-state index contributed by atoms with van der Waals surface area (Å²) in [6.07, 6.45) is 0.884. The highest BCUT2D eigenvalue weighted by atomic mass is 16.7. The van der Waals surface area contributed by atoms with Gasteiger partial charge in [0.1, 0.15) is 5.71 Å². The fourth-order valence-electron chi connectivity index (χ4n) is 1.10. The lowest BCUT2D eigenvalue weighted by molar-refractivity contribution is -0.148. The van der Waals surface area contributed by atoms with Crippen LogP contribution in [0.3, 0.4) is 0 Å². The van der Waals surface area contributed by atoms with Crippen LogP contribution >= 0.6 is 0 Å². The van der Waals surface area contributed by atoms with Crippen LogP contribution in [-0.4, -0.2) is 22.9 Å². The molecule has 0 aliphatic carbocycles. The first kappa shape index (κ1) is 7.85. The van der Waals surface area contributed by atoms with Gasteiger partial charge in [-0.2, -0.15) is 0 Å². The molecule has 0 saturated carbocycles. The van der Waals surface area contributed by atoms with E-state index < -0.39 is 12.1 Å². The Bertz CT molecular complexity index is 341. The van der Waals surface area contributed by atoms with Crippen molar-refractivity contribution >= 4 is 11.7 Å². The van der Waals surface area contributed by atoms with Gasteiger partial charge in [-0.3, -0.25) is 0 Å². The average Bonchev–Trinajstić information content (AvgIpc) is 2.75. The van der Waals surface area contributed by atoms with E-state index in [1.165, 1.54) is 6.26 Å². The summed E-state index contributed by atoms with van der Waals surface area (Å²) < 4.78 is 5.04. The number of nitrogens with zero attached hydrogens (tertiary/aromatic N) is 1. The van der Waals surface area contributed by atoms with Gasteiger partial charge < -0.3 is 14.4 Å². The molecule has 0 amide bonds. The quantitative estimate of drug-likeness (QED) is 0.734. The summed E-state index contributed by atoms with van der Waals surface area (Å²) in [5.41, 5.74) is 0.539. The molecule has 0 spiro atoms. The summed E-state index contributed by atoms with van der Waals surface area (Å²) in [4.78, 5) is 15.2. The van der Waals surface area contributed by atoms with Crippen molar-refractivity contribution in [3.63, 3.8) is 0 Å². The lowest BCUT2D eigenvalue weighted by Gasteiger charge is -1.98. The van der Waals surface area contributed by atoms with E-state index in [1.54, 1.807) is 12.1 Å². The Morgan fingerprint density at radius 3 is 3.08 bits per heavy atom. The minimum Gasteiger partial charge on any atom is -0.478 e. The van der Waals surface area contributed by atoms with E-state index >= 15 is 0 Å². The van der Waals surface area contributed by atoms with Crippen molar-refractivity contribution in [2.75, 3.05) is 0 Å². The second-order valence-corrected chi connectivity index (χ2v) is 2.65. The molecule has 0 aromatic carbocycles. The average molecular weight is 181 g/mol. The summed E-state index contributed by atoms with van der Waals surface area (Å²) in [6, 6.07) is 3.43. The third-order valence-electron chi connectivity index (χ3n) is 1.75. The topological polar surface area (TPSA) is 72.0 Å². The van der Waals surface area contributed by atoms with Crippen LogP contribution in [-0.2, 0) is 9.63 Å². The maximum absolute atomic E-state index is 10.5. The normalized spacial score (nSPS) is 20.9. The standard InChI is InChI=1S/C8H7NO4/c10-8(11)7-4-5(9-13-7)6-2-1-3-12-6/h1-3,7H,4H2,(H,10,11)/t7-/m1/s1. The second-order valence-electron chi connectivity index (χ2n) is 2.65. The Labute approximate surface area is 73.6 Å². The van der Waals surface area contributed by atoms with Crippen LogP contribution in [0.1, 0.15) is 12.2 Å². The maximum Gasteiger partial charge on any atom is 0.348 e. The number of rotatable bonds is 2. The summed E-state index contributed by atoms with van der Waals surface area (Å²) >= 11 is 0. The van der Waals surface area contributed by atoms with Crippen LogP contribution in [0.4, 0.5) is 0 Å². The molecule has 1 atom stereocenters. The Kier molecular flexibility index (Phi) is 1.77. The lowest BCUT2D eigenvalue weighted by Crippen LogP contribution is -2.19. The van der Waals surface area contributed by atoms with Gasteiger partial charge in [-0.15, -0.1) is 0 Å². The highest BCUT2D eigenvalue weighted by Crippen LogP contribution is 2.16. The number of aliphatic carboxylic acids is 1. The van der Waals surface area contributed by atoms with Crippen molar-refractivity contribution in [3.05, 3.63) is 24.2 Å². The molecule has 68 valence electrons. The molecule has 0 bridgehead atoms. The first-order valence-electron chi connectivity index (χ1n) is 3.77. The third kappa shape index (κ3) is 1.40. The second kappa shape index (κ2) is 2.93. The molecular weight excluding hydrogens is 174 g/mol. The van der Waals surface area contributed by atoms with Crippen LogP contribution in [0.5, 0.6) is 0 Å². The van der Waals surface area contributed by atoms with Crippen LogP contribution in [0.15, 0.2) is 28.0 Å². The van der Waals surface area contributed by atoms with E-state index in [0.717, 1.165) is 0 Å². The molecule has 1 aromatic heterocycles. The highest BCUT2D eigenvalue weighted by molar-refractivity contribution is 6.01. The number of carbonyl (C=O) groups is 1. The molecule has 2 heterocycles. The zero-order valence-electron chi connectivity index (χ0n) is 6.64. The van der Waals surface area contributed by atoms with E-state index in [2.05, 4.69) is 9.99 Å². The Balaban J connectivity index is 2.10. The molecule has 1 N–H and O–H groups in total. The number of oxime groups is 1. The molecule has 5 heteroatoms. The van der Waals surface area contributed by atoms with Crippen LogP contribution in [0, 0.1) is 0 Å². The summed E-state index contributed by atoms with van der Waals surface area (Å²) in [7, 11) is 0. The van der Waals surface area contributed by atoms with Gasteiger partial charge in [-0.25, -0.2) is 4.79 Å². The SMILES string of the molecule is O=C(O)[C@H]1CC(c2ccco2)=NO1. The Hall–Kier alpha value is -1.78. The first-order valence-corrected chi connectivity index (χ1v) is 3.77. The predicted octanol–water partition coefficient (Wildman–Crippen LogP) is 0.857. The lowest BCUT2D eigenvalue weighted by atomic mass is 10.1. The highest BCUT2D eigenvalue weighted by Gasteiger charge is 2.29. The zero-order valence-corrected chi connectivity index (χ0v) is 6.64. The van der Waals surface area contributed by atoms with E-state index in [9.17, 15) is 4.79 Å². The van der Waals surface area contributed by atoms with Crippen molar-refractivity contribution in [1.82, 2.24) is 0 Å². The smallest absolute Gasteiger partial charge is 0.348 e. The van der Waals surface area contributed by atoms with Gasteiger partial charge in [0.15, 0.2) is 5.76 Å². The van der Waals surface area contributed by atoms with Crippen molar-refractivity contribution < 1.29 is 19.2 Å². The van der Waals surface area contributed by atoms with Gasteiger partial charge in [-0.1, -0.05) is 5.16 Å². The molecule has 0 saturated heterocycles. The number of carboxylic acid groups (broad SMARTS) is 1. The molecule has 0 fully saturated rings. The number of hydrogen-bond donors (Lipinski definition) is 1. The van der Waals surface area contributed by atoms with Crippen LogP contribution < -0.4 is 0 Å². The minimum atomic E-state index is -1.01. The van der Waals surface area contributed by atoms with Crippen molar-refractivity contribution in [2.45, 2.75) is 12.5 Å². The van der Waals surface area contributed by atoms with Crippen molar-refractivity contribution in [2.24, 2.45) is 5.16 Å². The molecule has 5 nitrogen and oxygen atoms in total. The molecule has 0 unspecified atom stereocenters. The van der Waals surface area contributed by atoms with Gasteiger partial charge >= 0.3 is 5.97 Å². The third-order valence-corrected chi connectivity index (χ3v) is 1.75. The molecule has 1 aromatic rings. The van der Waals surface area contributed by atoms with Crippen molar-refractivity contribution in [3.8, 4) is 0 Å². The number of hydrogen-bond acceptors (Lipinski definition) is 4. The summed E-state index contributed by atoms with van der Waals surface area (Å²) in [5.74, 6) is -0.450. The molecule has 13 heavy (non-hydrogen) atoms. The van der Waals surface area contributed by atoms with Gasteiger partial charge in [0.2, 0.25) is 6.10 Å². The molecular formula is C8H7NO4. The van der Waals surface area contributed by atoms with E-state index in [1.807, 2.05) is 0 Å². The minimum absolute atomic E-state index is 0.253. The van der Waals surface area contributed by atoms with Crippen LogP contribution in [0.25, 0.3) is 0 Å². The van der Waals surface area contributed by atoms with Gasteiger partial charge in [-0.05, 0) is 12.1 Å². The monoisotopic (exact) mass is 181 g/mol. The Morgan fingerprint density at radius 1 is 1.69 bits per heavy atom. The van der Waals surface area contributed by atoms with E-state index in [4.69, 9.17) is 9.52 Å². The van der Waals surface area contributed by atoms with Gasteiger partial charge in [0.05, 0.1) is 6.26 Å². The van der Waals surface area contributed by atoms with E-state index in [-0.39, 0.29) is 6.42 Å². The van der Waals surface area contributed by atoms with Gasteiger partial charge in [0, 0.05) is 6.42 Å². The van der Waals surface area contributed by atoms with Gasteiger partial charge in [0.25, 0.3) is 0 Å². The zero-order chi connectivity index (χ0) is 9.26.